The molecule has 4 nitrogen and oxygen atoms in total. The maximum absolute atomic E-state index is 9.00. The molecule has 0 fully saturated rings. The van der Waals surface area contributed by atoms with E-state index in [1.165, 1.54) is 11.8 Å². The number of aryl methyl sites for hydroxylation is 3. The van der Waals surface area contributed by atoms with E-state index in [1.807, 2.05) is 57.2 Å². The number of nitrogens with zero attached hydrogens (tertiary/aromatic N) is 3. The van der Waals surface area contributed by atoms with E-state index in [-0.39, 0.29) is 0 Å². The van der Waals surface area contributed by atoms with Crippen LogP contribution in [0, 0.1) is 32.1 Å². The Kier molecular flexibility index (Phi) is 5.55. The predicted molar refractivity (Wildman–Crippen MR) is 103 cm³/mol. The van der Waals surface area contributed by atoms with Crippen LogP contribution in [0.3, 0.4) is 0 Å². The fourth-order valence-electron chi connectivity index (χ4n) is 2.62. The van der Waals surface area contributed by atoms with E-state index in [1.54, 1.807) is 6.07 Å². The first kappa shape index (κ1) is 18.0. The van der Waals surface area contributed by atoms with Gasteiger partial charge in [0.05, 0.1) is 11.6 Å². The van der Waals surface area contributed by atoms with Crippen molar-refractivity contribution in [3.63, 3.8) is 0 Å². The molecule has 0 N–H and O–H groups in total. The third kappa shape index (κ3) is 4.84. The number of hydrogen-bond acceptors (Lipinski definition) is 5. The molecule has 0 amide bonds. The van der Waals surface area contributed by atoms with Crippen molar-refractivity contribution in [3.8, 4) is 17.7 Å². The molecule has 3 aromatic rings. The van der Waals surface area contributed by atoms with Gasteiger partial charge in [-0.1, -0.05) is 30.0 Å². The first-order valence-corrected chi connectivity index (χ1v) is 9.24. The van der Waals surface area contributed by atoms with Gasteiger partial charge >= 0.3 is 0 Å². The van der Waals surface area contributed by atoms with Crippen molar-refractivity contribution >= 4 is 11.8 Å². The molecule has 2 aromatic carbocycles. The molecule has 130 valence electrons. The molecule has 0 aliphatic carbocycles. The van der Waals surface area contributed by atoms with Gasteiger partial charge in [0.15, 0.2) is 5.16 Å². The van der Waals surface area contributed by atoms with Gasteiger partial charge in [-0.2, -0.15) is 10.2 Å². The van der Waals surface area contributed by atoms with Crippen LogP contribution in [0.2, 0.25) is 0 Å². The highest BCUT2D eigenvalue weighted by atomic mass is 32.2. The lowest BCUT2D eigenvalue weighted by atomic mass is 10.1. The summed E-state index contributed by atoms with van der Waals surface area (Å²) in [7, 11) is 0. The fraction of sp³-hybridized carbons (Fsp3) is 0.190. The second-order valence-corrected chi connectivity index (χ2v) is 7.10. The fourth-order valence-corrected chi connectivity index (χ4v) is 3.46. The summed E-state index contributed by atoms with van der Waals surface area (Å²) in [5.74, 6) is 2.01. The molecular weight excluding hydrogens is 342 g/mol. The van der Waals surface area contributed by atoms with Crippen LogP contribution in [0.1, 0.15) is 27.9 Å². The zero-order chi connectivity index (χ0) is 18.5. The van der Waals surface area contributed by atoms with E-state index in [0.29, 0.717) is 22.4 Å². The highest BCUT2D eigenvalue weighted by Gasteiger charge is 2.07. The van der Waals surface area contributed by atoms with Crippen LogP contribution in [0.5, 0.6) is 11.6 Å². The first-order valence-electron chi connectivity index (χ1n) is 8.25. The van der Waals surface area contributed by atoms with E-state index in [2.05, 4.69) is 22.1 Å². The second kappa shape index (κ2) is 8.03. The van der Waals surface area contributed by atoms with Gasteiger partial charge < -0.3 is 4.74 Å². The van der Waals surface area contributed by atoms with Gasteiger partial charge in [0.2, 0.25) is 5.88 Å². The molecule has 3 rings (SSSR count). The molecule has 0 aliphatic rings. The Bertz CT molecular complexity index is 959. The van der Waals surface area contributed by atoms with Gasteiger partial charge in [0.25, 0.3) is 0 Å². The summed E-state index contributed by atoms with van der Waals surface area (Å²) >= 11 is 1.53. The Labute approximate surface area is 157 Å². The highest BCUT2D eigenvalue weighted by Crippen LogP contribution is 2.26. The Morgan fingerprint density at radius 3 is 2.50 bits per heavy atom. The quantitative estimate of drug-likeness (QED) is 0.452. The maximum Gasteiger partial charge on any atom is 0.223 e. The second-order valence-electron chi connectivity index (χ2n) is 6.16. The Morgan fingerprint density at radius 1 is 1.00 bits per heavy atom. The Balaban J connectivity index is 1.75. The van der Waals surface area contributed by atoms with E-state index < -0.39 is 0 Å². The molecule has 0 bridgehead atoms. The van der Waals surface area contributed by atoms with Gasteiger partial charge in [-0.15, -0.1) is 0 Å². The topological polar surface area (TPSA) is 58.8 Å². The standard InChI is InChI=1S/C21H19N3OS/c1-14-7-15(2)9-19(8-14)25-20-10-16(3)23-21(24-20)26-13-18-6-4-5-17(11-18)12-22/h4-11H,13H2,1-3H3. The average Bonchev–Trinajstić information content (AvgIpc) is 2.59. The van der Waals surface area contributed by atoms with E-state index in [4.69, 9.17) is 10.00 Å². The van der Waals surface area contributed by atoms with E-state index in [0.717, 1.165) is 28.1 Å². The first-order chi connectivity index (χ1) is 12.5. The smallest absolute Gasteiger partial charge is 0.223 e. The minimum absolute atomic E-state index is 0.538. The molecule has 0 unspecified atom stereocenters. The maximum atomic E-state index is 9.00. The molecule has 1 aromatic heterocycles. The van der Waals surface area contributed by atoms with Gasteiger partial charge in [-0.05, 0) is 61.7 Å². The molecule has 26 heavy (non-hydrogen) atoms. The number of ether oxygens (including phenoxy) is 1. The highest BCUT2D eigenvalue weighted by molar-refractivity contribution is 7.98. The zero-order valence-corrected chi connectivity index (χ0v) is 15.8. The van der Waals surface area contributed by atoms with Crippen molar-refractivity contribution in [1.29, 1.82) is 5.26 Å². The van der Waals surface area contributed by atoms with Crippen molar-refractivity contribution in [2.45, 2.75) is 31.7 Å². The molecule has 0 radical (unpaired) electrons. The van der Waals surface area contributed by atoms with Crippen LogP contribution in [0.25, 0.3) is 0 Å². The summed E-state index contributed by atoms with van der Waals surface area (Å²) in [6, 6.07) is 17.6. The number of benzene rings is 2. The number of thioether (sulfide) groups is 1. The lowest BCUT2D eigenvalue weighted by Gasteiger charge is -2.09. The minimum atomic E-state index is 0.538. The molecule has 5 heteroatoms. The van der Waals surface area contributed by atoms with Crippen LogP contribution in [-0.4, -0.2) is 9.97 Å². The predicted octanol–water partition coefficient (Wildman–Crippen LogP) is 5.36. The van der Waals surface area contributed by atoms with Crippen LogP contribution < -0.4 is 4.74 Å². The minimum Gasteiger partial charge on any atom is -0.439 e. The van der Waals surface area contributed by atoms with Crippen LogP contribution in [0.4, 0.5) is 0 Å². The van der Waals surface area contributed by atoms with Crippen molar-refractivity contribution < 1.29 is 4.74 Å². The molecule has 1 heterocycles. The Hall–Kier alpha value is -2.84. The third-order valence-corrected chi connectivity index (χ3v) is 4.57. The van der Waals surface area contributed by atoms with E-state index >= 15 is 0 Å². The summed E-state index contributed by atoms with van der Waals surface area (Å²) in [4.78, 5) is 8.99. The lowest BCUT2D eigenvalue weighted by molar-refractivity contribution is 0.454. The van der Waals surface area contributed by atoms with Gasteiger partial charge in [-0.25, -0.2) is 4.98 Å². The molecule has 0 spiro atoms. The van der Waals surface area contributed by atoms with Gasteiger partial charge in [0.1, 0.15) is 5.75 Å². The summed E-state index contributed by atoms with van der Waals surface area (Å²) in [6.45, 7) is 6.01. The lowest BCUT2D eigenvalue weighted by Crippen LogP contribution is -1.96. The zero-order valence-electron chi connectivity index (χ0n) is 15.0. The summed E-state index contributed by atoms with van der Waals surface area (Å²) in [6.07, 6.45) is 0. The van der Waals surface area contributed by atoms with Crippen molar-refractivity contribution in [3.05, 3.63) is 76.5 Å². The molecular formula is C21H19N3OS. The van der Waals surface area contributed by atoms with E-state index in [9.17, 15) is 0 Å². The Morgan fingerprint density at radius 2 is 1.77 bits per heavy atom. The number of hydrogen-bond donors (Lipinski definition) is 0. The SMILES string of the molecule is Cc1cc(C)cc(Oc2cc(C)nc(SCc3cccc(C#N)c3)n2)c1. The number of rotatable bonds is 5. The van der Waals surface area contributed by atoms with Crippen molar-refractivity contribution in [2.75, 3.05) is 0 Å². The van der Waals surface area contributed by atoms with Crippen molar-refractivity contribution in [1.82, 2.24) is 9.97 Å². The summed E-state index contributed by atoms with van der Waals surface area (Å²) in [5, 5.41) is 9.66. The largest absolute Gasteiger partial charge is 0.439 e. The summed E-state index contributed by atoms with van der Waals surface area (Å²) in [5.41, 5.74) is 4.88. The van der Waals surface area contributed by atoms with Gasteiger partial charge in [-0.3, -0.25) is 0 Å². The monoisotopic (exact) mass is 361 g/mol. The van der Waals surface area contributed by atoms with Gasteiger partial charge in [0, 0.05) is 17.5 Å². The molecule has 0 saturated heterocycles. The molecule has 0 atom stereocenters. The molecule has 0 saturated carbocycles. The summed E-state index contributed by atoms with van der Waals surface area (Å²) < 4.78 is 5.94. The normalized spacial score (nSPS) is 10.4. The third-order valence-electron chi connectivity index (χ3n) is 3.65. The molecule has 0 aliphatic heterocycles. The van der Waals surface area contributed by atoms with Crippen molar-refractivity contribution in [2.24, 2.45) is 0 Å². The van der Waals surface area contributed by atoms with Crippen LogP contribution in [-0.2, 0) is 5.75 Å². The van der Waals surface area contributed by atoms with Crippen LogP contribution >= 0.6 is 11.8 Å². The van der Waals surface area contributed by atoms with Crippen LogP contribution in [0.15, 0.2) is 53.7 Å². The number of nitriles is 1. The average molecular weight is 361 g/mol. The number of aromatic nitrogens is 2.